The van der Waals surface area contributed by atoms with E-state index in [1.165, 1.54) is 4.90 Å². The van der Waals surface area contributed by atoms with Crippen molar-refractivity contribution in [3.05, 3.63) is 132 Å². The highest BCUT2D eigenvalue weighted by atomic mass is 16.4. The number of aromatic nitrogens is 1. The molecule has 4 N–H and O–H groups in total. The predicted molar refractivity (Wildman–Crippen MR) is 168 cm³/mol. The summed E-state index contributed by atoms with van der Waals surface area (Å²) in [7, 11) is 0. The van der Waals surface area contributed by atoms with Crippen molar-refractivity contribution in [3.8, 4) is 11.1 Å². The fourth-order valence-electron chi connectivity index (χ4n) is 6.48. The molecule has 7 heteroatoms. The predicted octanol–water partition coefficient (Wildman–Crippen LogP) is 5.98. The number of nitrogens with zero attached hydrogens (tertiary/aromatic N) is 1. The van der Waals surface area contributed by atoms with Crippen molar-refractivity contribution in [3.63, 3.8) is 0 Å². The molecule has 4 aromatic carbocycles. The number of aromatic amines is 1. The largest absolute Gasteiger partial charge is 0.465 e. The van der Waals surface area contributed by atoms with Crippen LogP contribution >= 0.6 is 0 Å². The Bertz CT molecular complexity index is 1720. The van der Waals surface area contributed by atoms with Crippen LogP contribution < -0.4 is 5.32 Å². The number of carbonyl (C=O) groups is 2. The molecule has 43 heavy (non-hydrogen) atoms. The number of amides is 2. The van der Waals surface area contributed by atoms with Crippen molar-refractivity contribution in [1.82, 2.24) is 15.2 Å². The summed E-state index contributed by atoms with van der Waals surface area (Å²) in [4.78, 5) is 32.1. The number of aliphatic hydroxyl groups is 1. The number of carbonyl (C=O) groups excluding carboxylic acids is 1. The maximum atomic E-state index is 14.4. The van der Waals surface area contributed by atoms with Gasteiger partial charge in [-0.2, -0.15) is 0 Å². The average molecular weight is 574 g/mol. The van der Waals surface area contributed by atoms with Gasteiger partial charge in [-0.05, 0) is 52.8 Å². The summed E-state index contributed by atoms with van der Waals surface area (Å²) >= 11 is 0. The minimum absolute atomic E-state index is 0.0953. The van der Waals surface area contributed by atoms with E-state index in [1.54, 1.807) is 6.92 Å². The molecule has 1 aromatic heterocycles. The SMILES string of the molecule is CC(Cc1c[nH]c2ccccc12)(C(=O)NC(CO)Cc1ccccc1)N(CC1c2ccccc2-c2ccccc21)C(=O)O. The fourth-order valence-corrected chi connectivity index (χ4v) is 6.48. The van der Waals surface area contributed by atoms with Crippen LogP contribution in [-0.2, 0) is 17.6 Å². The Hall–Kier alpha value is -4.88. The molecule has 2 atom stereocenters. The molecule has 0 saturated heterocycles. The number of hydrogen-bond acceptors (Lipinski definition) is 3. The minimum Gasteiger partial charge on any atom is -0.465 e. The smallest absolute Gasteiger partial charge is 0.408 e. The van der Waals surface area contributed by atoms with E-state index in [1.807, 2.05) is 97.2 Å². The number of benzene rings is 4. The molecule has 2 amide bonds. The molecule has 1 aliphatic carbocycles. The van der Waals surface area contributed by atoms with E-state index in [2.05, 4.69) is 22.4 Å². The highest BCUT2D eigenvalue weighted by Gasteiger charge is 2.46. The van der Waals surface area contributed by atoms with E-state index < -0.39 is 23.6 Å². The lowest BCUT2D eigenvalue weighted by molar-refractivity contribution is -0.132. The molecule has 7 nitrogen and oxygen atoms in total. The molecule has 0 fully saturated rings. The molecular formula is C36H35N3O4. The van der Waals surface area contributed by atoms with Crippen LogP contribution in [0.3, 0.4) is 0 Å². The summed E-state index contributed by atoms with van der Waals surface area (Å²) in [6, 6.07) is 33.0. The number of H-pyrrole nitrogens is 1. The van der Waals surface area contributed by atoms with Gasteiger partial charge in [-0.3, -0.25) is 9.69 Å². The van der Waals surface area contributed by atoms with Crippen molar-refractivity contribution >= 4 is 22.9 Å². The molecule has 6 rings (SSSR count). The molecule has 2 unspecified atom stereocenters. The first-order chi connectivity index (χ1) is 20.9. The Labute approximate surface area is 250 Å². The van der Waals surface area contributed by atoms with Crippen LogP contribution in [0, 0.1) is 0 Å². The summed E-state index contributed by atoms with van der Waals surface area (Å²) in [5, 5.41) is 25.0. The van der Waals surface area contributed by atoms with Crippen molar-refractivity contribution in [1.29, 1.82) is 0 Å². The van der Waals surface area contributed by atoms with Crippen LogP contribution in [0.2, 0.25) is 0 Å². The van der Waals surface area contributed by atoms with Crippen LogP contribution in [-0.4, -0.2) is 56.8 Å². The van der Waals surface area contributed by atoms with Gasteiger partial charge < -0.3 is 20.5 Å². The number of para-hydroxylation sites is 1. The van der Waals surface area contributed by atoms with E-state index >= 15 is 0 Å². The minimum atomic E-state index is -1.49. The zero-order valence-electron chi connectivity index (χ0n) is 24.0. The zero-order valence-corrected chi connectivity index (χ0v) is 24.0. The van der Waals surface area contributed by atoms with Gasteiger partial charge in [0.2, 0.25) is 5.91 Å². The molecule has 5 aromatic rings. The van der Waals surface area contributed by atoms with Gasteiger partial charge in [0.15, 0.2) is 0 Å². The molecule has 0 spiro atoms. The lowest BCUT2D eigenvalue weighted by Gasteiger charge is -2.40. The first-order valence-corrected chi connectivity index (χ1v) is 14.6. The number of aliphatic hydroxyl groups excluding tert-OH is 1. The van der Waals surface area contributed by atoms with Gasteiger partial charge in [0.25, 0.3) is 0 Å². The van der Waals surface area contributed by atoms with Crippen LogP contribution in [0.4, 0.5) is 4.79 Å². The van der Waals surface area contributed by atoms with Gasteiger partial charge in [0.1, 0.15) is 5.54 Å². The second-order valence-corrected chi connectivity index (χ2v) is 11.5. The summed E-state index contributed by atoms with van der Waals surface area (Å²) in [5.41, 5.74) is 5.49. The summed E-state index contributed by atoms with van der Waals surface area (Å²) < 4.78 is 0. The van der Waals surface area contributed by atoms with Gasteiger partial charge >= 0.3 is 6.09 Å². The second-order valence-electron chi connectivity index (χ2n) is 11.5. The topological polar surface area (TPSA) is 106 Å². The molecule has 0 radical (unpaired) electrons. The first kappa shape index (κ1) is 28.2. The Morgan fingerprint density at radius 1 is 0.884 bits per heavy atom. The number of nitrogens with one attached hydrogen (secondary N) is 2. The second kappa shape index (κ2) is 11.8. The molecule has 0 saturated carbocycles. The Balaban J connectivity index is 1.39. The maximum absolute atomic E-state index is 14.4. The maximum Gasteiger partial charge on any atom is 0.408 e. The number of hydrogen-bond donors (Lipinski definition) is 4. The van der Waals surface area contributed by atoms with Gasteiger partial charge in [0.05, 0.1) is 12.6 Å². The molecule has 0 bridgehead atoms. The molecule has 1 aliphatic rings. The Kier molecular flexibility index (Phi) is 7.74. The number of fused-ring (bicyclic) bond motifs is 4. The standard InChI is InChI=1S/C36H35N3O4/c1-36(20-25-21-37-33-18-10-9-13-27(25)33,34(41)38-26(23-40)19-24-11-3-2-4-12-24)39(35(42)43)22-32-30-16-7-5-14-28(30)29-15-6-8-17-31(29)32/h2-18,21,26,32,37,40H,19-20,22-23H2,1H3,(H,38,41)(H,42,43). The first-order valence-electron chi connectivity index (χ1n) is 14.6. The molecular weight excluding hydrogens is 538 g/mol. The summed E-state index contributed by atoms with van der Waals surface area (Å²) in [6.07, 6.45) is 1.24. The van der Waals surface area contributed by atoms with Gasteiger partial charge in [-0.15, -0.1) is 0 Å². The van der Waals surface area contributed by atoms with Crippen LogP contribution in [0.1, 0.15) is 35.1 Å². The zero-order chi connectivity index (χ0) is 30.0. The quantitative estimate of drug-likeness (QED) is 0.165. The van der Waals surface area contributed by atoms with Crippen LogP contribution in [0.5, 0.6) is 0 Å². The van der Waals surface area contributed by atoms with Crippen molar-refractivity contribution < 1.29 is 19.8 Å². The van der Waals surface area contributed by atoms with Crippen molar-refractivity contribution in [2.45, 2.75) is 37.3 Å². The molecule has 1 heterocycles. The molecule has 0 aliphatic heterocycles. The highest BCUT2D eigenvalue weighted by molar-refractivity contribution is 5.92. The van der Waals surface area contributed by atoms with Crippen LogP contribution in [0.15, 0.2) is 109 Å². The van der Waals surface area contributed by atoms with E-state index in [4.69, 9.17) is 0 Å². The van der Waals surface area contributed by atoms with E-state index in [-0.39, 0.29) is 25.5 Å². The van der Waals surface area contributed by atoms with E-state index in [9.17, 15) is 19.8 Å². The normalized spacial score (nSPS) is 14.5. The number of carboxylic acid groups (broad SMARTS) is 1. The van der Waals surface area contributed by atoms with Crippen molar-refractivity contribution in [2.24, 2.45) is 0 Å². The molecule has 218 valence electrons. The lowest BCUT2D eigenvalue weighted by Crippen LogP contribution is -2.62. The fraction of sp³-hybridized carbons (Fsp3) is 0.222. The van der Waals surface area contributed by atoms with Crippen LogP contribution in [0.25, 0.3) is 22.0 Å². The van der Waals surface area contributed by atoms with E-state index in [0.717, 1.165) is 44.3 Å². The average Bonchev–Trinajstić information content (AvgIpc) is 3.58. The summed E-state index contributed by atoms with van der Waals surface area (Å²) in [5.74, 6) is -0.689. The van der Waals surface area contributed by atoms with E-state index in [0.29, 0.717) is 6.42 Å². The number of rotatable bonds is 10. The Morgan fingerprint density at radius 2 is 1.49 bits per heavy atom. The third-order valence-corrected chi connectivity index (χ3v) is 8.73. The third kappa shape index (κ3) is 5.40. The van der Waals surface area contributed by atoms with Gasteiger partial charge in [0, 0.05) is 36.0 Å². The van der Waals surface area contributed by atoms with Gasteiger partial charge in [-0.1, -0.05) is 97.1 Å². The van der Waals surface area contributed by atoms with Gasteiger partial charge in [-0.25, -0.2) is 4.79 Å². The monoisotopic (exact) mass is 573 g/mol. The summed E-state index contributed by atoms with van der Waals surface area (Å²) in [6.45, 7) is 1.51. The highest BCUT2D eigenvalue weighted by Crippen LogP contribution is 2.45. The lowest BCUT2D eigenvalue weighted by atomic mass is 9.87. The third-order valence-electron chi connectivity index (χ3n) is 8.73. The Morgan fingerprint density at radius 3 is 2.14 bits per heavy atom. The van der Waals surface area contributed by atoms with Crippen molar-refractivity contribution in [2.75, 3.05) is 13.2 Å².